The van der Waals surface area contributed by atoms with Gasteiger partial charge in [-0.15, -0.1) is 0 Å². The molecule has 0 aromatic rings. The van der Waals surface area contributed by atoms with Crippen molar-refractivity contribution in [3.8, 4) is 0 Å². The van der Waals surface area contributed by atoms with Gasteiger partial charge >= 0.3 is 5.97 Å². The normalized spacial score (nSPS) is 12.3. The van der Waals surface area contributed by atoms with Crippen LogP contribution in [0, 0.1) is 0 Å². The van der Waals surface area contributed by atoms with Crippen LogP contribution in [0.4, 0.5) is 0 Å². The Balaban J connectivity index is 4.43. The molecule has 0 amide bonds. The second-order valence-electron chi connectivity index (χ2n) is 2.78. The Kier molecular flexibility index (Phi) is 6.24. The van der Waals surface area contributed by atoms with E-state index < -0.39 is 0 Å². The number of aliphatic hydroxyl groups excluding tert-OH is 1. The minimum Gasteiger partial charge on any atom is -0.463 e. The molecule has 0 unspecified atom stereocenters. The summed E-state index contributed by atoms with van der Waals surface area (Å²) in [4.78, 5) is 11.3. The lowest BCUT2D eigenvalue weighted by Gasteiger charge is -2.08. The van der Waals surface area contributed by atoms with E-state index in [9.17, 15) is 4.79 Å². The van der Waals surface area contributed by atoms with Gasteiger partial charge in [-0.3, -0.25) is 0 Å². The SMILES string of the molecule is CCOC(=O)C(C)=C(CC)CCO. The molecular weight excluding hydrogens is 168 g/mol. The van der Waals surface area contributed by atoms with Gasteiger partial charge in [0.1, 0.15) is 0 Å². The molecule has 0 spiro atoms. The van der Waals surface area contributed by atoms with Crippen molar-refractivity contribution in [1.29, 1.82) is 0 Å². The average Bonchev–Trinajstić information content (AvgIpc) is 2.13. The molecule has 0 aliphatic rings. The number of carbonyl (C=O) groups is 1. The molecule has 0 aliphatic carbocycles. The molecule has 0 bridgehead atoms. The molecule has 13 heavy (non-hydrogen) atoms. The van der Waals surface area contributed by atoms with Gasteiger partial charge in [-0.2, -0.15) is 0 Å². The largest absolute Gasteiger partial charge is 0.463 e. The second-order valence-corrected chi connectivity index (χ2v) is 2.78. The van der Waals surface area contributed by atoms with Gasteiger partial charge in [0.05, 0.1) is 6.61 Å². The van der Waals surface area contributed by atoms with Crippen LogP contribution >= 0.6 is 0 Å². The average molecular weight is 186 g/mol. The van der Waals surface area contributed by atoms with Crippen molar-refractivity contribution in [1.82, 2.24) is 0 Å². The standard InChI is InChI=1S/C10H18O3/c1-4-9(6-7-11)8(3)10(12)13-5-2/h11H,4-7H2,1-3H3. The molecule has 76 valence electrons. The van der Waals surface area contributed by atoms with Crippen molar-refractivity contribution >= 4 is 5.97 Å². The third-order valence-electron chi connectivity index (χ3n) is 1.95. The van der Waals surface area contributed by atoms with Crippen LogP contribution in [0.1, 0.15) is 33.6 Å². The Morgan fingerprint density at radius 1 is 1.38 bits per heavy atom. The molecule has 0 rings (SSSR count). The van der Waals surface area contributed by atoms with Crippen LogP contribution in [0.5, 0.6) is 0 Å². The first kappa shape index (κ1) is 12.2. The van der Waals surface area contributed by atoms with Gasteiger partial charge in [0, 0.05) is 12.2 Å². The van der Waals surface area contributed by atoms with Gasteiger partial charge in [-0.25, -0.2) is 4.79 Å². The summed E-state index contributed by atoms with van der Waals surface area (Å²) in [5.41, 5.74) is 1.61. The van der Waals surface area contributed by atoms with Gasteiger partial charge in [0.2, 0.25) is 0 Å². The highest BCUT2D eigenvalue weighted by atomic mass is 16.5. The van der Waals surface area contributed by atoms with E-state index in [1.165, 1.54) is 0 Å². The molecule has 0 fully saturated rings. The summed E-state index contributed by atoms with van der Waals surface area (Å²) in [7, 11) is 0. The van der Waals surface area contributed by atoms with Crippen molar-refractivity contribution in [2.75, 3.05) is 13.2 Å². The number of hydrogen-bond acceptors (Lipinski definition) is 3. The van der Waals surface area contributed by atoms with Crippen molar-refractivity contribution in [3.63, 3.8) is 0 Å². The molecule has 0 saturated heterocycles. The first-order chi connectivity index (χ1) is 6.17. The maximum Gasteiger partial charge on any atom is 0.333 e. The van der Waals surface area contributed by atoms with E-state index >= 15 is 0 Å². The Morgan fingerprint density at radius 2 is 2.00 bits per heavy atom. The fourth-order valence-electron chi connectivity index (χ4n) is 1.15. The fourth-order valence-corrected chi connectivity index (χ4v) is 1.15. The summed E-state index contributed by atoms with van der Waals surface area (Å²) < 4.78 is 4.85. The molecule has 0 aromatic carbocycles. The van der Waals surface area contributed by atoms with Crippen molar-refractivity contribution < 1.29 is 14.6 Å². The second kappa shape index (κ2) is 6.66. The number of carbonyl (C=O) groups excluding carboxylic acids is 1. The maximum atomic E-state index is 11.3. The lowest BCUT2D eigenvalue weighted by Crippen LogP contribution is -2.08. The van der Waals surface area contributed by atoms with Crippen LogP contribution in [0.2, 0.25) is 0 Å². The van der Waals surface area contributed by atoms with Crippen molar-refractivity contribution in [3.05, 3.63) is 11.1 Å². The molecule has 0 heterocycles. The van der Waals surface area contributed by atoms with E-state index in [-0.39, 0.29) is 12.6 Å². The third-order valence-corrected chi connectivity index (χ3v) is 1.95. The van der Waals surface area contributed by atoms with Crippen LogP contribution in [0.15, 0.2) is 11.1 Å². The quantitative estimate of drug-likeness (QED) is 0.524. The van der Waals surface area contributed by atoms with Crippen molar-refractivity contribution in [2.24, 2.45) is 0 Å². The summed E-state index contributed by atoms with van der Waals surface area (Å²) >= 11 is 0. The topological polar surface area (TPSA) is 46.5 Å². The van der Waals surface area contributed by atoms with Gasteiger partial charge in [-0.1, -0.05) is 12.5 Å². The minimum atomic E-state index is -0.271. The zero-order valence-electron chi connectivity index (χ0n) is 8.59. The molecule has 0 aromatic heterocycles. The summed E-state index contributed by atoms with van der Waals surface area (Å²) in [5, 5.41) is 8.74. The van der Waals surface area contributed by atoms with Crippen LogP contribution in [-0.4, -0.2) is 24.3 Å². The number of ether oxygens (including phenoxy) is 1. The first-order valence-corrected chi connectivity index (χ1v) is 4.63. The highest BCUT2D eigenvalue weighted by Gasteiger charge is 2.09. The summed E-state index contributed by atoms with van der Waals surface area (Å²) in [6, 6.07) is 0. The summed E-state index contributed by atoms with van der Waals surface area (Å²) in [5.74, 6) is -0.271. The van der Waals surface area contributed by atoms with Gasteiger partial charge < -0.3 is 9.84 Å². The van der Waals surface area contributed by atoms with Gasteiger partial charge in [0.25, 0.3) is 0 Å². The molecule has 0 radical (unpaired) electrons. The summed E-state index contributed by atoms with van der Waals surface area (Å²) in [6.07, 6.45) is 1.34. The number of esters is 1. The highest BCUT2D eigenvalue weighted by Crippen LogP contribution is 2.13. The number of rotatable bonds is 5. The Hall–Kier alpha value is -0.830. The fraction of sp³-hybridized carbons (Fsp3) is 0.700. The zero-order valence-corrected chi connectivity index (χ0v) is 8.59. The molecule has 0 atom stereocenters. The monoisotopic (exact) mass is 186 g/mol. The predicted octanol–water partition coefficient (Wildman–Crippen LogP) is 1.66. The predicted molar refractivity (Wildman–Crippen MR) is 51.3 cm³/mol. The maximum absolute atomic E-state index is 11.3. The van der Waals surface area contributed by atoms with Crippen molar-refractivity contribution in [2.45, 2.75) is 33.6 Å². The molecule has 0 aliphatic heterocycles. The lowest BCUT2D eigenvalue weighted by atomic mass is 10.0. The van der Waals surface area contributed by atoms with E-state index in [0.29, 0.717) is 18.6 Å². The van der Waals surface area contributed by atoms with E-state index in [4.69, 9.17) is 9.84 Å². The smallest absolute Gasteiger partial charge is 0.333 e. The number of hydrogen-bond donors (Lipinski definition) is 1. The summed E-state index contributed by atoms with van der Waals surface area (Å²) in [6.45, 7) is 5.97. The van der Waals surface area contributed by atoms with E-state index in [0.717, 1.165) is 12.0 Å². The van der Waals surface area contributed by atoms with Crippen LogP contribution in [-0.2, 0) is 9.53 Å². The van der Waals surface area contributed by atoms with E-state index in [2.05, 4.69) is 0 Å². The molecule has 0 saturated carbocycles. The molecule has 1 N–H and O–H groups in total. The third kappa shape index (κ3) is 4.08. The molecule has 3 nitrogen and oxygen atoms in total. The minimum absolute atomic E-state index is 0.0833. The Bertz CT molecular complexity index is 194. The zero-order chi connectivity index (χ0) is 10.3. The Labute approximate surface area is 79.4 Å². The lowest BCUT2D eigenvalue weighted by molar-refractivity contribution is -0.138. The molecule has 3 heteroatoms. The van der Waals surface area contributed by atoms with Crippen LogP contribution < -0.4 is 0 Å². The first-order valence-electron chi connectivity index (χ1n) is 4.63. The van der Waals surface area contributed by atoms with Gasteiger partial charge in [0.15, 0.2) is 0 Å². The highest BCUT2D eigenvalue weighted by molar-refractivity contribution is 5.88. The van der Waals surface area contributed by atoms with E-state index in [1.54, 1.807) is 13.8 Å². The van der Waals surface area contributed by atoms with E-state index in [1.807, 2.05) is 6.92 Å². The van der Waals surface area contributed by atoms with Crippen LogP contribution in [0.25, 0.3) is 0 Å². The molecular formula is C10H18O3. The Morgan fingerprint density at radius 3 is 2.38 bits per heavy atom. The van der Waals surface area contributed by atoms with Gasteiger partial charge in [-0.05, 0) is 26.7 Å². The number of aliphatic hydroxyl groups is 1. The van der Waals surface area contributed by atoms with Crippen LogP contribution in [0.3, 0.4) is 0 Å².